The SMILES string of the molecule is O=C(Nc1ccc(F)cc1Cl)c1cc(NC(=O)[C@H]2[C@H](c3cc(Cl)cc(Cl)c3)C2(Cl)Cl)ccc1Cl. The van der Waals surface area contributed by atoms with Gasteiger partial charge >= 0.3 is 0 Å². The summed E-state index contributed by atoms with van der Waals surface area (Å²) in [4.78, 5) is 25.7. The van der Waals surface area contributed by atoms with Gasteiger partial charge < -0.3 is 10.6 Å². The highest BCUT2D eigenvalue weighted by atomic mass is 35.5. The van der Waals surface area contributed by atoms with Gasteiger partial charge in [0.25, 0.3) is 5.91 Å². The van der Waals surface area contributed by atoms with Crippen molar-refractivity contribution in [3.8, 4) is 0 Å². The Labute approximate surface area is 224 Å². The summed E-state index contributed by atoms with van der Waals surface area (Å²) in [6, 6.07) is 12.8. The lowest BCUT2D eigenvalue weighted by molar-refractivity contribution is -0.117. The number of nitrogens with one attached hydrogen (secondary N) is 2. The van der Waals surface area contributed by atoms with Crippen LogP contribution < -0.4 is 10.6 Å². The zero-order chi connectivity index (χ0) is 24.8. The molecule has 0 aliphatic heterocycles. The quantitative estimate of drug-likeness (QED) is 0.299. The number of rotatable bonds is 5. The van der Waals surface area contributed by atoms with Crippen LogP contribution in [0.4, 0.5) is 15.8 Å². The van der Waals surface area contributed by atoms with Crippen LogP contribution in [0, 0.1) is 11.7 Å². The third-order valence-corrected chi connectivity index (χ3v) is 7.26. The number of alkyl halides is 2. The molecule has 0 aromatic heterocycles. The summed E-state index contributed by atoms with van der Waals surface area (Å²) in [6.45, 7) is 0. The van der Waals surface area contributed by atoms with E-state index in [2.05, 4.69) is 10.6 Å². The average Bonchev–Trinajstić information content (AvgIpc) is 3.33. The molecule has 11 heteroatoms. The molecule has 176 valence electrons. The Morgan fingerprint density at radius 1 is 0.824 bits per heavy atom. The van der Waals surface area contributed by atoms with Crippen molar-refractivity contribution in [1.82, 2.24) is 0 Å². The predicted octanol–water partition coefficient (Wildman–Crippen LogP) is 8.22. The summed E-state index contributed by atoms with van der Waals surface area (Å²) in [6.07, 6.45) is 0. The van der Waals surface area contributed by atoms with Crippen LogP contribution >= 0.6 is 69.6 Å². The molecule has 0 radical (unpaired) electrons. The third-order valence-electron chi connectivity index (χ3n) is 5.24. The number of amides is 2. The minimum absolute atomic E-state index is 0.0235. The Morgan fingerprint density at radius 2 is 1.50 bits per heavy atom. The van der Waals surface area contributed by atoms with Crippen molar-refractivity contribution in [3.05, 3.63) is 91.6 Å². The summed E-state index contributed by atoms with van der Waals surface area (Å²) in [5.74, 6) is -2.91. The van der Waals surface area contributed by atoms with E-state index in [1.54, 1.807) is 18.2 Å². The first kappa shape index (κ1) is 25.4. The van der Waals surface area contributed by atoms with E-state index in [0.717, 1.165) is 12.1 Å². The first-order valence-electron chi connectivity index (χ1n) is 9.68. The number of benzene rings is 3. The zero-order valence-corrected chi connectivity index (χ0v) is 21.3. The minimum atomic E-state index is -1.36. The van der Waals surface area contributed by atoms with Crippen LogP contribution in [0.25, 0.3) is 0 Å². The Kier molecular flexibility index (Phi) is 7.26. The molecular weight excluding hydrogens is 568 g/mol. The highest BCUT2D eigenvalue weighted by Gasteiger charge is 2.67. The topological polar surface area (TPSA) is 58.2 Å². The Balaban J connectivity index is 1.52. The number of carbonyl (C=O) groups is 2. The van der Waals surface area contributed by atoms with Gasteiger partial charge in [-0.15, -0.1) is 23.2 Å². The van der Waals surface area contributed by atoms with Gasteiger partial charge in [0, 0.05) is 21.7 Å². The standard InChI is InChI=1S/C23H13Cl6FN2O2/c24-11-5-10(6-12(25)7-11)19-20(23(19,28)29)22(34)31-14-2-3-16(26)15(9-14)21(33)32-18-4-1-13(30)8-17(18)27/h1-9,19-20H,(H,31,34)(H,32,33)/t19-,20+/m0/s1. The van der Waals surface area contributed by atoms with Gasteiger partial charge in [-0.1, -0.05) is 46.4 Å². The fraction of sp³-hybridized carbons (Fsp3) is 0.130. The summed E-state index contributed by atoms with van der Waals surface area (Å²) in [5.41, 5.74) is 1.20. The first-order valence-corrected chi connectivity index (χ1v) is 11.9. The minimum Gasteiger partial charge on any atom is -0.326 e. The van der Waals surface area contributed by atoms with Crippen LogP contribution in [0.3, 0.4) is 0 Å². The molecule has 0 spiro atoms. The predicted molar refractivity (Wildman–Crippen MR) is 137 cm³/mol. The van der Waals surface area contributed by atoms with Crippen molar-refractivity contribution in [3.63, 3.8) is 0 Å². The van der Waals surface area contributed by atoms with Crippen LogP contribution in [0.1, 0.15) is 21.8 Å². The number of anilines is 2. The number of hydrogen-bond acceptors (Lipinski definition) is 2. The number of halogens is 7. The molecule has 2 atom stereocenters. The lowest BCUT2D eigenvalue weighted by Gasteiger charge is -2.11. The molecule has 1 fully saturated rings. The molecule has 0 bridgehead atoms. The second kappa shape index (κ2) is 9.73. The van der Waals surface area contributed by atoms with E-state index >= 15 is 0 Å². The molecule has 4 nitrogen and oxygen atoms in total. The Bertz CT molecular complexity index is 1300. The van der Waals surface area contributed by atoms with Gasteiger partial charge in [-0.05, 0) is 60.2 Å². The maximum atomic E-state index is 13.3. The maximum absolute atomic E-state index is 13.3. The molecule has 3 aromatic rings. The van der Waals surface area contributed by atoms with Crippen LogP contribution in [-0.2, 0) is 4.79 Å². The number of carbonyl (C=O) groups excluding carboxylic acids is 2. The van der Waals surface area contributed by atoms with Crippen molar-refractivity contribution in [2.24, 2.45) is 5.92 Å². The van der Waals surface area contributed by atoms with E-state index in [1.807, 2.05) is 0 Å². The van der Waals surface area contributed by atoms with Crippen LogP contribution in [0.5, 0.6) is 0 Å². The summed E-state index contributed by atoms with van der Waals surface area (Å²) < 4.78 is 11.9. The van der Waals surface area contributed by atoms with Gasteiger partial charge in [0.05, 0.1) is 27.2 Å². The van der Waals surface area contributed by atoms with E-state index in [-0.39, 0.29) is 21.3 Å². The van der Waals surface area contributed by atoms with Crippen molar-refractivity contribution in [2.45, 2.75) is 10.3 Å². The molecule has 0 saturated heterocycles. The monoisotopic (exact) mass is 578 g/mol. The lowest BCUT2D eigenvalue weighted by atomic mass is 10.1. The molecule has 1 aliphatic carbocycles. The summed E-state index contributed by atoms with van der Waals surface area (Å²) in [5, 5.41) is 6.22. The maximum Gasteiger partial charge on any atom is 0.257 e. The largest absolute Gasteiger partial charge is 0.326 e. The van der Waals surface area contributed by atoms with Gasteiger partial charge in [0.2, 0.25) is 5.91 Å². The Morgan fingerprint density at radius 3 is 2.15 bits per heavy atom. The first-order chi connectivity index (χ1) is 16.0. The van der Waals surface area contributed by atoms with E-state index in [4.69, 9.17) is 69.6 Å². The Hall–Kier alpha value is -1.73. The fourth-order valence-electron chi connectivity index (χ4n) is 3.60. The molecule has 4 rings (SSSR count). The molecule has 1 aliphatic rings. The molecule has 2 amide bonds. The van der Waals surface area contributed by atoms with E-state index in [9.17, 15) is 14.0 Å². The van der Waals surface area contributed by atoms with Crippen molar-refractivity contribution >= 4 is 92.8 Å². The van der Waals surface area contributed by atoms with E-state index in [1.165, 1.54) is 24.3 Å². The molecular formula is C23H13Cl6FN2O2. The highest BCUT2D eigenvalue weighted by molar-refractivity contribution is 6.53. The van der Waals surface area contributed by atoms with Gasteiger partial charge in [0.15, 0.2) is 0 Å². The van der Waals surface area contributed by atoms with E-state index < -0.39 is 33.8 Å². The third kappa shape index (κ3) is 5.25. The normalized spacial score (nSPS) is 18.3. The van der Waals surface area contributed by atoms with Crippen molar-refractivity contribution in [2.75, 3.05) is 10.6 Å². The number of hydrogen-bond donors (Lipinski definition) is 2. The lowest BCUT2D eigenvalue weighted by Crippen LogP contribution is -2.18. The molecule has 34 heavy (non-hydrogen) atoms. The zero-order valence-electron chi connectivity index (χ0n) is 16.8. The smallest absolute Gasteiger partial charge is 0.257 e. The second-order valence-electron chi connectivity index (χ2n) is 7.59. The highest BCUT2D eigenvalue weighted by Crippen LogP contribution is 2.65. The summed E-state index contributed by atoms with van der Waals surface area (Å²) in [7, 11) is 0. The van der Waals surface area contributed by atoms with Gasteiger partial charge in [0.1, 0.15) is 10.2 Å². The van der Waals surface area contributed by atoms with Crippen LogP contribution in [0.2, 0.25) is 20.1 Å². The molecule has 2 N–H and O–H groups in total. The molecule has 0 heterocycles. The van der Waals surface area contributed by atoms with Gasteiger partial charge in [-0.25, -0.2) is 4.39 Å². The molecule has 3 aromatic carbocycles. The molecule has 0 unspecified atom stereocenters. The van der Waals surface area contributed by atoms with Crippen molar-refractivity contribution in [1.29, 1.82) is 0 Å². The average molecular weight is 581 g/mol. The van der Waals surface area contributed by atoms with Crippen LogP contribution in [-0.4, -0.2) is 16.1 Å². The van der Waals surface area contributed by atoms with Gasteiger partial charge in [-0.2, -0.15) is 0 Å². The summed E-state index contributed by atoms with van der Waals surface area (Å²) >= 11 is 37.0. The van der Waals surface area contributed by atoms with Crippen molar-refractivity contribution < 1.29 is 14.0 Å². The fourth-order valence-corrected chi connectivity index (χ4v) is 5.39. The molecule has 1 saturated carbocycles. The van der Waals surface area contributed by atoms with E-state index in [0.29, 0.717) is 21.3 Å². The van der Waals surface area contributed by atoms with Crippen LogP contribution in [0.15, 0.2) is 54.6 Å². The van der Waals surface area contributed by atoms with Gasteiger partial charge in [-0.3, -0.25) is 9.59 Å². The second-order valence-corrected chi connectivity index (χ2v) is 10.7.